The van der Waals surface area contributed by atoms with Gasteiger partial charge in [0.15, 0.2) is 0 Å². The first-order chi connectivity index (χ1) is 6.77. The van der Waals surface area contributed by atoms with Crippen molar-refractivity contribution in [2.45, 2.75) is 19.4 Å². The Kier molecular flexibility index (Phi) is 2.89. The van der Waals surface area contributed by atoms with Gasteiger partial charge in [-0.3, -0.25) is 0 Å². The highest BCUT2D eigenvalue weighted by Gasteiger charge is 2.17. The van der Waals surface area contributed by atoms with Crippen LogP contribution in [-0.2, 0) is 4.74 Å². The topological polar surface area (TPSA) is 38.5 Å². The molecule has 0 amide bonds. The minimum Gasteiger partial charge on any atom is -0.378 e. The highest BCUT2D eigenvalue weighted by molar-refractivity contribution is 5.30. The molecule has 1 fully saturated rings. The average Bonchev–Trinajstić information content (AvgIpc) is 2.19. The van der Waals surface area contributed by atoms with E-state index in [1.165, 1.54) is 11.3 Å². The number of hydrogen-bond acceptors (Lipinski definition) is 3. The van der Waals surface area contributed by atoms with Gasteiger partial charge < -0.3 is 15.4 Å². The minimum atomic E-state index is 0.208. The molecule has 1 atom stereocenters. The second-order valence-corrected chi connectivity index (χ2v) is 3.99. The average molecular weight is 194 g/mol. The molecule has 0 spiro atoms. The van der Waals surface area contributed by atoms with Gasteiger partial charge in [-0.15, -0.1) is 0 Å². The van der Waals surface area contributed by atoms with E-state index in [0.717, 1.165) is 32.7 Å². The highest BCUT2D eigenvalue weighted by atomic mass is 16.5. The maximum absolute atomic E-state index is 5.85. The van der Waals surface area contributed by atoms with Crippen molar-refractivity contribution >= 4 is 0 Å². The van der Waals surface area contributed by atoms with Crippen LogP contribution in [0.2, 0.25) is 0 Å². The molecule has 1 heterocycles. The van der Waals surface area contributed by atoms with Crippen LogP contribution < -0.4 is 5.73 Å². The van der Waals surface area contributed by atoms with Crippen LogP contribution in [0.1, 0.15) is 13.3 Å². The van der Waals surface area contributed by atoms with Gasteiger partial charge in [0, 0.05) is 24.8 Å². The molecular weight excluding hydrogens is 176 g/mol. The summed E-state index contributed by atoms with van der Waals surface area (Å²) in [5.41, 5.74) is 8.61. The van der Waals surface area contributed by atoms with Crippen LogP contribution in [0.15, 0.2) is 23.4 Å². The van der Waals surface area contributed by atoms with Crippen LogP contribution in [-0.4, -0.2) is 37.2 Å². The summed E-state index contributed by atoms with van der Waals surface area (Å²) in [4.78, 5) is 2.39. The summed E-state index contributed by atoms with van der Waals surface area (Å²) in [5.74, 6) is 0. The zero-order valence-corrected chi connectivity index (χ0v) is 8.70. The van der Waals surface area contributed by atoms with Crippen LogP contribution >= 0.6 is 0 Å². The molecule has 78 valence electrons. The number of rotatable bonds is 1. The van der Waals surface area contributed by atoms with Crippen molar-refractivity contribution in [2.24, 2.45) is 5.73 Å². The molecule has 14 heavy (non-hydrogen) atoms. The van der Waals surface area contributed by atoms with Gasteiger partial charge in [0.05, 0.1) is 13.2 Å². The van der Waals surface area contributed by atoms with Crippen molar-refractivity contribution in [2.75, 3.05) is 26.3 Å². The van der Waals surface area contributed by atoms with Gasteiger partial charge in [-0.1, -0.05) is 6.08 Å². The molecule has 0 bridgehead atoms. The summed E-state index contributed by atoms with van der Waals surface area (Å²) in [6.07, 6.45) is 5.25. The van der Waals surface area contributed by atoms with Gasteiger partial charge >= 0.3 is 0 Å². The van der Waals surface area contributed by atoms with Crippen molar-refractivity contribution in [1.82, 2.24) is 4.90 Å². The Labute approximate surface area is 85.2 Å². The van der Waals surface area contributed by atoms with Gasteiger partial charge in [0.25, 0.3) is 0 Å². The van der Waals surface area contributed by atoms with Crippen LogP contribution in [0.25, 0.3) is 0 Å². The van der Waals surface area contributed by atoms with Crippen molar-refractivity contribution in [3.8, 4) is 0 Å². The number of ether oxygens (including phenoxy) is 1. The summed E-state index contributed by atoms with van der Waals surface area (Å²) >= 11 is 0. The summed E-state index contributed by atoms with van der Waals surface area (Å²) in [5, 5.41) is 0. The molecular formula is C11H18N2O. The second-order valence-electron chi connectivity index (χ2n) is 3.99. The highest BCUT2D eigenvalue weighted by Crippen LogP contribution is 2.21. The Bertz CT molecular complexity index is 264. The van der Waals surface area contributed by atoms with Gasteiger partial charge in [-0.05, 0) is 25.0 Å². The van der Waals surface area contributed by atoms with E-state index in [2.05, 4.69) is 24.0 Å². The smallest absolute Gasteiger partial charge is 0.0642 e. The first-order valence-corrected chi connectivity index (χ1v) is 5.23. The Morgan fingerprint density at radius 2 is 2.14 bits per heavy atom. The Morgan fingerprint density at radius 1 is 1.43 bits per heavy atom. The molecule has 1 aliphatic carbocycles. The number of hydrogen-bond donors (Lipinski definition) is 1. The fourth-order valence-corrected chi connectivity index (χ4v) is 2.06. The third-order valence-corrected chi connectivity index (χ3v) is 2.83. The number of allylic oxidation sites excluding steroid dienone is 1. The molecule has 1 saturated heterocycles. The standard InChI is InChI=1S/C11H18N2O/c1-9-8-10(12)2-3-11(9)13-4-6-14-7-5-13/h2-3,10H,4-8,12H2,1H3. The van der Waals surface area contributed by atoms with Crippen LogP contribution in [0.3, 0.4) is 0 Å². The molecule has 3 nitrogen and oxygen atoms in total. The Hall–Kier alpha value is -0.800. The monoisotopic (exact) mass is 194 g/mol. The molecule has 0 aromatic heterocycles. The van der Waals surface area contributed by atoms with E-state index in [4.69, 9.17) is 10.5 Å². The third kappa shape index (κ3) is 1.99. The molecule has 2 aliphatic rings. The summed E-state index contributed by atoms with van der Waals surface area (Å²) in [6, 6.07) is 0.208. The maximum Gasteiger partial charge on any atom is 0.0642 e. The van der Waals surface area contributed by atoms with E-state index >= 15 is 0 Å². The third-order valence-electron chi connectivity index (χ3n) is 2.83. The minimum absolute atomic E-state index is 0.208. The largest absolute Gasteiger partial charge is 0.378 e. The van der Waals surface area contributed by atoms with Gasteiger partial charge in [-0.2, -0.15) is 0 Å². The van der Waals surface area contributed by atoms with Crippen molar-refractivity contribution in [3.63, 3.8) is 0 Å². The fourth-order valence-electron chi connectivity index (χ4n) is 2.06. The molecule has 2 N–H and O–H groups in total. The van der Waals surface area contributed by atoms with E-state index in [1.807, 2.05) is 0 Å². The lowest BCUT2D eigenvalue weighted by Crippen LogP contribution is -2.37. The predicted octanol–water partition coefficient (Wildman–Crippen LogP) is 0.880. The summed E-state index contributed by atoms with van der Waals surface area (Å²) in [6.45, 7) is 5.88. The molecule has 3 heteroatoms. The van der Waals surface area contributed by atoms with Crippen molar-refractivity contribution in [3.05, 3.63) is 23.4 Å². The second kappa shape index (κ2) is 4.15. The lowest BCUT2D eigenvalue weighted by atomic mass is 9.99. The molecule has 0 aromatic carbocycles. The molecule has 1 aliphatic heterocycles. The SMILES string of the molecule is CC1=C(N2CCOCC2)C=CC(N)C1. The van der Waals surface area contributed by atoms with Crippen molar-refractivity contribution < 1.29 is 4.74 Å². The van der Waals surface area contributed by atoms with Crippen molar-refractivity contribution in [1.29, 1.82) is 0 Å². The van der Waals surface area contributed by atoms with Gasteiger partial charge in [0.2, 0.25) is 0 Å². The van der Waals surface area contributed by atoms with E-state index in [1.54, 1.807) is 0 Å². The quantitative estimate of drug-likeness (QED) is 0.673. The molecule has 0 aromatic rings. The Morgan fingerprint density at radius 3 is 2.79 bits per heavy atom. The first kappa shape index (κ1) is 9.74. The van der Waals surface area contributed by atoms with Crippen LogP contribution in [0.4, 0.5) is 0 Å². The molecule has 0 saturated carbocycles. The zero-order chi connectivity index (χ0) is 9.97. The van der Waals surface area contributed by atoms with Crippen LogP contribution in [0.5, 0.6) is 0 Å². The molecule has 1 unspecified atom stereocenters. The summed E-state index contributed by atoms with van der Waals surface area (Å²) < 4.78 is 5.33. The number of morpholine rings is 1. The van der Waals surface area contributed by atoms with E-state index in [-0.39, 0.29) is 6.04 Å². The maximum atomic E-state index is 5.85. The van der Waals surface area contributed by atoms with E-state index in [9.17, 15) is 0 Å². The first-order valence-electron chi connectivity index (χ1n) is 5.23. The normalized spacial score (nSPS) is 28.4. The lowest BCUT2D eigenvalue weighted by molar-refractivity contribution is 0.0546. The number of nitrogens with zero attached hydrogens (tertiary/aromatic N) is 1. The fraction of sp³-hybridized carbons (Fsp3) is 0.636. The number of nitrogens with two attached hydrogens (primary N) is 1. The molecule has 2 rings (SSSR count). The zero-order valence-electron chi connectivity index (χ0n) is 8.70. The van der Waals surface area contributed by atoms with Gasteiger partial charge in [-0.25, -0.2) is 0 Å². The predicted molar refractivity (Wildman–Crippen MR) is 56.8 cm³/mol. The lowest BCUT2D eigenvalue weighted by Gasteiger charge is -2.33. The Balaban J connectivity index is 2.09. The van der Waals surface area contributed by atoms with E-state index < -0.39 is 0 Å². The summed E-state index contributed by atoms with van der Waals surface area (Å²) in [7, 11) is 0. The van der Waals surface area contributed by atoms with Gasteiger partial charge in [0.1, 0.15) is 0 Å². The molecule has 0 radical (unpaired) electrons. The van der Waals surface area contributed by atoms with E-state index in [0.29, 0.717) is 0 Å². The van der Waals surface area contributed by atoms with Crippen LogP contribution in [0, 0.1) is 0 Å².